The van der Waals surface area contributed by atoms with Gasteiger partial charge in [0.25, 0.3) is 0 Å². The maximum absolute atomic E-state index is 12.2. The number of aliphatic imine (C=N–C) groups is 1. The summed E-state index contributed by atoms with van der Waals surface area (Å²) in [6.07, 6.45) is 1.78. The Kier molecular flexibility index (Phi) is 4.70. The molecule has 0 amide bonds. The van der Waals surface area contributed by atoms with Crippen LogP contribution in [-0.4, -0.2) is 19.0 Å². The van der Waals surface area contributed by atoms with E-state index < -0.39 is 5.97 Å². The minimum Gasteiger partial charge on any atom is -0.496 e. The van der Waals surface area contributed by atoms with Crippen LogP contribution in [0.4, 0.5) is 0 Å². The van der Waals surface area contributed by atoms with Crippen molar-refractivity contribution in [3.05, 3.63) is 70.4 Å². The Balaban J connectivity index is 2.01. The lowest BCUT2D eigenvalue weighted by Gasteiger charge is -2.14. The molecule has 0 N–H and O–H groups in total. The van der Waals surface area contributed by atoms with Crippen molar-refractivity contribution in [2.24, 2.45) is 4.99 Å². The molecule has 3 rings (SSSR count). The van der Waals surface area contributed by atoms with Gasteiger partial charge in [-0.1, -0.05) is 32.0 Å². The number of carbonyl (C=O) groups is 1. The summed E-state index contributed by atoms with van der Waals surface area (Å²) in [6, 6.07) is 13.5. The first-order chi connectivity index (χ1) is 12.0. The maximum Gasteiger partial charge on any atom is 0.363 e. The minimum atomic E-state index is -0.430. The molecule has 128 valence electrons. The molecule has 0 radical (unpaired) electrons. The minimum absolute atomic E-state index is 0.307. The van der Waals surface area contributed by atoms with Crippen molar-refractivity contribution in [3.8, 4) is 5.75 Å². The molecular formula is C21H21NO3. The molecule has 2 aromatic rings. The van der Waals surface area contributed by atoms with E-state index in [1.165, 1.54) is 0 Å². The normalized spacial score (nSPS) is 15.5. The second-order valence-corrected chi connectivity index (χ2v) is 6.31. The maximum atomic E-state index is 12.2. The first kappa shape index (κ1) is 17.0. The number of hydrogen-bond acceptors (Lipinski definition) is 4. The van der Waals surface area contributed by atoms with Crippen molar-refractivity contribution < 1.29 is 14.3 Å². The van der Waals surface area contributed by atoms with Crippen molar-refractivity contribution in [1.29, 1.82) is 0 Å². The lowest BCUT2D eigenvalue weighted by Crippen LogP contribution is -2.05. The predicted molar refractivity (Wildman–Crippen MR) is 98.9 cm³/mol. The fraction of sp³-hybridized carbons (Fsp3) is 0.238. The van der Waals surface area contributed by atoms with E-state index in [2.05, 4.69) is 24.9 Å². The smallest absolute Gasteiger partial charge is 0.363 e. The number of methoxy groups -OCH3 is 1. The highest BCUT2D eigenvalue weighted by atomic mass is 16.6. The molecule has 0 unspecified atom stereocenters. The summed E-state index contributed by atoms with van der Waals surface area (Å²) in [5.41, 5.74) is 4.15. The van der Waals surface area contributed by atoms with Crippen LogP contribution in [0.5, 0.6) is 5.75 Å². The van der Waals surface area contributed by atoms with Crippen LogP contribution < -0.4 is 4.74 Å². The lowest BCUT2D eigenvalue weighted by atomic mass is 9.96. The van der Waals surface area contributed by atoms with Gasteiger partial charge in [-0.3, -0.25) is 0 Å². The summed E-state index contributed by atoms with van der Waals surface area (Å²) < 4.78 is 10.8. The Morgan fingerprint density at radius 1 is 1.16 bits per heavy atom. The van der Waals surface area contributed by atoms with Gasteiger partial charge in [-0.2, -0.15) is 0 Å². The van der Waals surface area contributed by atoms with Gasteiger partial charge in [0.2, 0.25) is 5.90 Å². The fourth-order valence-electron chi connectivity index (χ4n) is 2.76. The summed E-state index contributed by atoms with van der Waals surface area (Å²) in [4.78, 5) is 16.6. The number of carbonyl (C=O) groups excluding carboxylic acids is 1. The third-order valence-corrected chi connectivity index (χ3v) is 4.17. The fourth-order valence-corrected chi connectivity index (χ4v) is 2.76. The zero-order chi connectivity index (χ0) is 18.0. The number of esters is 1. The van der Waals surface area contributed by atoms with Crippen LogP contribution in [0.25, 0.3) is 6.08 Å². The highest BCUT2D eigenvalue weighted by Crippen LogP contribution is 2.31. The van der Waals surface area contributed by atoms with Crippen molar-refractivity contribution >= 4 is 17.9 Å². The Hall–Kier alpha value is -2.88. The number of rotatable bonds is 4. The first-order valence-corrected chi connectivity index (χ1v) is 8.26. The SMILES string of the molecule is COc1cc(C)c(C=C2N=C(c3ccccc3)OC2=O)cc1C(C)C. The van der Waals surface area contributed by atoms with E-state index in [0.29, 0.717) is 17.5 Å². The highest BCUT2D eigenvalue weighted by molar-refractivity contribution is 6.12. The average molecular weight is 335 g/mol. The third kappa shape index (κ3) is 3.48. The van der Waals surface area contributed by atoms with E-state index in [-0.39, 0.29) is 0 Å². The molecule has 0 spiro atoms. The molecule has 1 heterocycles. The quantitative estimate of drug-likeness (QED) is 0.612. The van der Waals surface area contributed by atoms with Gasteiger partial charge in [0.1, 0.15) is 5.75 Å². The Labute approximate surface area is 147 Å². The van der Waals surface area contributed by atoms with E-state index in [1.54, 1.807) is 13.2 Å². The number of cyclic esters (lactones) is 1. The average Bonchev–Trinajstić information content (AvgIpc) is 2.97. The molecule has 0 saturated carbocycles. The lowest BCUT2D eigenvalue weighted by molar-refractivity contribution is -0.129. The molecule has 0 fully saturated rings. The molecule has 0 bridgehead atoms. The molecular weight excluding hydrogens is 314 g/mol. The van der Waals surface area contributed by atoms with Gasteiger partial charge in [0, 0.05) is 5.56 Å². The van der Waals surface area contributed by atoms with E-state index in [1.807, 2.05) is 43.3 Å². The number of ether oxygens (including phenoxy) is 2. The number of benzene rings is 2. The second kappa shape index (κ2) is 6.93. The molecule has 0 aliphatic carbocycles. The Morgan fingerprint density at radius 3 is 2.52 bits per heavy atom. The summed E-state index contributed by atoms with van der Waals surface area (Å²) in [5, 5.41) is 0. The Bertz CT molecular complexity index is 864. The van der Waals surface area contributed by atoms with Crippen molar-refractivity contribution in [2.45, 2.75) is 26.7 Å². The van der Waals surface area contributed by atoms with Crippen LogP contribution in [-0.2, 0) is 9.53 Å². The van der Waals surface area contributed by atoms with Gasteiger partial charge < -0.3 is 9.47 Å². The Morgan fingerprint density at radius 2 is 1.88 bits per heavy atom. The topological polar surface area (TPSA) is 47.9 Å². The van der Waals surface area contributed by atoms with Crippen LogP contribution >= 0.6 is 0 Å². The van der Waals surface area contributed by atoms with Crippen LogP contribution in [0.3, 0.4) is 0 Å². The molecule has 0 aromatic heterocycles. The molecule has 25 heavy (non-hydrogen) atoms. The summed E-state index contributed by atoms with van der Waals surface area (Å²) in [6.45, 7) is 6.21. The van der Waals surface area contributed by atoms with Gasteiger partial charge in [-0.05, 0) is 59.9 Å². The van der Waals surface area contributed by atoms with Gasteiger partial charge in [0.15, 0.2) is 5.70 Å². The zero-order valence-corrected chi connectivity index (χ0v) is 14.9. The van der Waals surface area contributed by atoms with Crippen LogP contribution in [0, 0.1) is 6.92 Å². The van der Waals surface area contributed by atoms with Gasteiger partial charge in [0.05, 0.1) is 7.11 Å². The molecule has 1 aliphatic rings. The number of hydrogen-bond donors (Lipinski definition) is 0. The van der Waals surface area contributed by atoms with Crippen molar-refractivity contribution in [2.75, 3.05) is 7.11 Å². The summed E-state index contributed by atoms with van der Waals surface area (Å²) in [5.74, 6) is 1.08. The largest absolute Gasteiger partial charge is 0.496 e. The zero-order valence-electron chi connectivity index (χ0n) is 14.9. The van der Waals surface area contributed by atoms with Gasteiger partial charge in [-0.15, -0.1) is 0 Å². The van der Waals surface area contributed by atoms with Gasteiger partial charge >= 0.3 is 5.97 Å². The first-order valence-electron chi connectivity index (χ1n) is 8.26. The predicted octanol–water partition coefficient (Wildman–Crippen LogP) is 4.47. The molecule has 0 atom stereocenters. The van der Waals surface area contributed by atoms with Gasteiger partial charge in [-0.25, -0.2) is 9.79 Å². The molecule has 2 aromatic carbocycles. The summed E-state index contributed by atoms with van der Waals surface area (Å²) >= 11 is 0. The monoisotopic (exact) mass is 335 g/mol. The summed E-state index contributed by atoms with van der Waals surface area (Å²) in [7, 11) is 1.67. The standard InChI is InChI=1S/C21H21NO3/c1-13(2)17-11-16(14(3)10-19(17)24-4)12-18-21(23)25-20(22-18)15-8-6-5-7-9-15/h5-13H,1-4H3. The van der Waals surface area contributed by atoms with E-state index in [0.717, 1.165) is 28.0 Å². The highest BCUT2D eigenvalue weighted by Gasteiger charge is 2.24. The van der Waals surface area contributed by atoms with E-state index >= 15 is 0 Å². The van der Waals surface area contributed by atoms with Crippen molar-refractivity contribution in [3.63, 3.8) is 0 Å². The molecule has 4 nitrogen and oxygen atoms in total. The third-order valence-electron chi connectivity index (χ3n) is 4.17. The van der Waals surface area contributed by atoms with E-state index in [9.17, 15) is 4.79 Å². The van der Waals surface area contributed by atoms with Crippen LogP contribution in [0.1, 0.15) is 42.0 Å². The van der Waals surface area contributed by atoms with Crippen molar-refractivity contribution in [1.82, 2.24) is 0 Å². The van der Waals surface area contributed by atoms with Crippen LogP contribution in [0.2, 0.25) is 0 Å². The molecule has 1 aliphatic heterocycles. The second-order valence-electron chi connectivity index (χ2n) is 6.31. The number of nitrogens with zero attached hydrogens (tertiary/aromatic N) is 1. The van der Waals surface area contributed by atoms with E-state index in [4.69, 9.17) is 9.47 Å². The number of aryl methyl sites for hydroxylation is 1. The van der Waals surface area contributed by atoms with Crippen LogP contribution in [0.15, 0.2) is 53.2 Å². The molecule has 4 heteroatoms. The molecule has 0 saturated heterocycles.